The van der Waals surface area contributed by atoms with Crippen LogP contribution in [0.25, 0.3) is 0 Å². The van der Waals surface area contributed by atoms with E-state index >= 15 is 0 Å². The van der Waals surface area contributed by atoms with Crippen molar-refractivity contribution >= 4 is 17.7 Å². The van der Waals surface area contributed by atoms with Gasteiger partial charge in [0, 0.05) is 5.56 Å². The van der Waals surface area contributed by atoms with Gasteiger partial charge in [-0.25, -0.2) is 13.6 Å². The lowest BCUT2D eigenvalue weighted by atomic mass is 9.92. The minimum Gasteiger partial charge on any atom is -0.319 e. The number of benzene rings is 2. The normalized spacial score (nSPS) is 19.9. The molecule has 0 aliphatic carbocycles. The number of hydrogen-bond acceptors (Lipinski definition) is 3. The quantitative estimate of drug-likeness (QED) is 0.685. The van der Waals surface area contributed by atoms with E-state index in [2.05, 4.69) is 5.32 Å². The van der Waals surface area contributed by atoms with Crippen LogP contribution < -0.4 is 5.32 Å². The van der Waals surface area contributed by atoms with Crippen LogP contribution in [-0.4, -0.2) is 29.2 Å². The van der Waals surface area contributed by atoms with Gasteiger partial charge in [-0.1, -0.05) is 36.4 Å². The van der Waals surface area contributed by atoms with Crippen molar-refractivity contribution in [2.45, 2.75) is 12.5 Å². The average molecular weight is 344 g/mol. The Labute approximate surface area is 142 Å². The van der Waals surface area contributed by atoms with E-state index in [0.717, 1.165) is 17.0 Å². The van der Waals surface area contributed by atoms with Crippen LogP contribution in [0.1, 0.15) is 22.8 Å². The van der Waals surface area contributed by atoms with Crippen LogP contribution in [0.4, 0.5) is 13.6 Å². The number of amides is 3. The van der Waals surface area contributed by atoms with Crippen molar-refractivity contribution in [3.63, 3.8) is 0 Å². The molecular weight excluding hydrogens is 330 g/mol. The molecule has 0 saturated carbocycles. The summed E-state index contributed by atoms with van der Waals surface area (Å²) >= 11 is 0. The zero-order valence-corrected chi connectivity index (χ0v) is 13.3. The first-order chi connectivity index (χ1) is 11.8. The second-order valence-electron chi connectivity index (χ2n) is 5.86. The van der Waals surface area contributed by atoms with Crippen molar-refractivity contribution in [3.8, 4) is 0 Å². The van der Waals surface area contributed by atoms with Crippen LogP contribution >= 0.6 is 0 Å². The van der Waals surface area contributed by atoms with Gasteiger partial charge >= 0.3 is 6.03 Å². The molecule has 0 spiro atoms. The van der Waals surface area contributed by atoms with E-state index < -0.39 is 41.4 Å². The number of hydrogen-bond donors (Lipinski definition) is 1. The zero-order valence-electron chi connectivity index (χ0n) is 13.3. The SMILES string of the molecule is CC1(c2ccc(F)c(F)c2)NC(=O)N(CC(=O)c2ccccc2)C1=O. The molecule has 1 atom stereocenters. The smallest absolute Gasteiger partial charge is 0.319 e. The summed E-state index contributed by atoms with van der Waals surface area (Å²) in [4.78, 5) is 37.9. The number of carbonyl (C=O) groups excluding carboxylic acids is 3. The number of imide groups is 1. The molecule has 0 aromatic heterocycles. The molecule has 2 aromatic rings. The first-order valence-electron chi connectivity index (χ1n) is 7.51. The highest BCUT2D eigenvalue weighted by Crippen LogP contribution is 2.29. The minimum atomic E-state index is -1.57. The lowest BCUT2D eigenvalue weighted by molar-refractivity contribution is -0.130. The Morgan fingerprint density at radius 3 is 2.40 bits per heavy atom. The number of nitrogens with zero attached hydrogens (tertiary/aromatic N) is 1. The Morgan fingerprint density at radius 2 is 1.76 bits per heavy atom. The molecule has 1 unspecified atom stereocenters. The van der Waals surface area contributed by atoms with Crippen molar-refractivity contribution < 1.29 is 23.2 Å². The number of carbonyl (C=O) groups is 3. The molecule has 2 aromatic carbocycles. The van der Waals surface area contributed by atoms with Crippen LogP contribution in [0, 0.1) is 11.6 Å². The van der Waals surface area contributed by atoms with Gasteiger partial charge < -0.3 is 5.32 Å². The van der Waals surface area contributed by atoms with Crippen molar-refractivity contribution in [1.82, 2.24) is 10.2 Å². The van der Waals surface area contributed by atoms with Crippen LogP contribution in [0.3, 0.4) is 0 Å². The highest BCUT2D eigenvalue weighted by atomic mass is 19.2. The minimum absolute atomic E-state index is 0.0967. The van der Waals surface area contributed by atoms with Crippen molar-refractivity contribution in [2.75, 3.05) is 6.54 Å². The summed E-state index contributed by atoms with van der Waals surface area (Å²) in [6.45, 7) is 0.945. The number of Topliss-reactive ketones (excluding diaryl/α,β-unsaturated/α-hetero) is 1. The first kappa shape index (κ1) is 16.8. The molecule has 3 rings (SSSR count). The van der Waals surface area contributed by atoms with Crippen molar-refractivity contribution in [3.05, 3.63) is 71.3 Å². The van der Waals surface area contributed by atoms with E-state index in [4.69, 9.17) is 0 Å². The van der Waals surface area contributed by atoms with Crippen LogP contribution in [-0.2, 0) is 10.3 Å². The van der Waals surface area contributed by atoms with E-state index in [1.54, 1.807) is 30.3 Å². The number of ketones is 1. The summed E-state index contributed by atoms with van der Waals surface area (Å²) in [6, 6.07) is 10.4. The molecule has 1 N–H and O–H groups in total. The summed E-state index contributed by atoms with van der Waals surface area (Å²) in [5.41, 5.74) is -1.10. The van der Waals surface area contributed by atoms with Crippen molar-refractivity contribution in [2.24, 2.45) is 0 Å². The lowest BCUT2D eigenvalue weighted by Gasteiger charge is -2.22. The zero-order chi connectivity index (χ0) is 18.2. The number of halogens is 2. The summed E-state index contributed by atoms with van der Waals surface area (Å²) in [5.74, 6) is -3.29. The summed E-state index contributed by atoms with van der Waals surface area (Å²) in [5, 5.41) is 2.45. The van der Waals surface area contributed by atoms with Gasteiger partial charge in [-0.05, 0) is 24.6 Å². The molecule has 7 heteroatoms. The maximum Gasteiger partial charge on any atom is 0.325 e. The Morgan fingerprint density at radius 1 is 1.08 bits per heavy atom. The van der Waals surface area contributed by atoms with Crippen molar-refractivity contribution in [1.29, 1.82) is 0 Å². The second-order valence-corrected chi connectivity index (χ2v) is 5.86. The molecule has 128 valence electrons. The van der Waals surface area contributed by atoms with Gasteiger partial charge in [-0.15, -0.1) is 0 Å². The van der Waals surface area contributed by atoms with Gasteiger partial charge in [0.15, 0.2) is 17.4 Å². The van der Waals surface area contributed by atoms with E-state index in [9.17, 15) is 23.2 Å². The fraction of sp³-hybridized carbons (Fsp3) is 0.167. The predicted octanol–water partition coefficient (Wildman–Crippen LogP) is 2.61. The molecule has 5 nitrogen and oxygen atoms in total. The molecule has 1 aliphatic rings. The molecule has 1 heterocycles. The maximum absolute atomic E-state index is 13.5. The highest BCUT2D eigenvalue weighted by Gasteiger charge is 2.49. The monoisotopic (exact) mass is 344 g/mol. The topological polar surface area (TPSA) is 66.5 Å². The Hall–Kier alpha value is -3.09. The third kappa shape index (κ3) is 2.88. The lowest BCUT2D eigenvalue weighted by Crippen LogP contribution is -2.41. The Balaban J connectivity index is 1.87. The van der Waals surface area contributed by atoms with Gasteiger partial charge in [0.1, 0.15) is 5.54 Å². The van der Waals surface area contributed by atoms with Gasteiger partial charge in [-0.2, -0.15) is 0 Å². The Kier molecular flexibility index (Phi) is 4.08. The third-order valence-corrected chi connectivity index (χ3v) is 4.17. The molecule has 1 saturated heterocycles. The van der Waals surface area contributed by atoms with Gasteiger partial charge in [0.25, 0.3) is 5.91 Å². The molecular formula is C18H14F2N2O3. The fourth-order valence-corrected chi connectivity index (χ4v) is 2.70. The average Bonchev–Trinajstić information content (AvgIpc) is 2.82. The molecule has 0 bridgehead atoms. The summed E-state index contributed by atoms with van der Waals surface area (Å²) in [6.07, 6.45) is 0. The molecule has 1 aliphatic heterocycles. The molecule has 25 heavy (non-hydrogen) atoms. The molecule has 3 amide bonds. The maximum atomic E-state index is 13.5. The number of nitrogens with one attached hydrogen (secondary N) is 1. The first-order valence-corrected chi connectivity index (χ1v) is 7.51. The predicted molar refractivity (Wildman–Crippen MR) is 84.7 cm³/mol. The van der Waals surface area contributed by atoms with Gasteiger partial charge in [0.05, 0.1) is 6.54 Å². The van der Waals surface area contributed by atoms with E-state index in [-0.39, 0.29) is 5.56 Å². The largest absolute Gasteiger partial charge is 0.325 e. The third-order valence-electron chi connectivity index (χ3n) is 4.17. The second kappa shape index (κ2) is 6.08. The van der Waals surface area contributed by atoms with E-state index in [1.165, 1.54) is 13.0 Å². The van der Waals surface area contributed by atoms with Crippen LogP contribution in [0.2, 0.25) is 0 Å². The summed E-state index contributed by atoms with van der Waals surface area (Å²) < 4.78 is 26.6. The summed E-state index contributed by atoms with van der Waals surface area (Å²) in [7, 11) is 0. The number of rotatable bonds is 4. The standard InChI is InChI=1S/C18H14F2N2O3/c1-18(12-7-8-13(19)14(20)9-12)16(24)22(17(25)21-18)10-15(23)11-5-3-2-4-6-11/h2-9H,10H2,1H3,(H,21,25). The van der Waals surface area contributed by atoms with Crippen LogP contribution in [0.5, 0.6) is 0 Å². The van der Waals surface area contributed by atoms with Gasteiger partial charge in [-0.3, -0.25) is 14.5 Å². The van der Waals surface area contributed by atoms with Gasteiger partial charge in [0.2, 0.25) is 0 Å². The number of urea groups is 1. The fourth-order valence-electron chi connectivity index (χ4n) is 2.70. The molecule has 1 fully saturated rings. The molecule has 0 radical (unpaired) electrons. The van der Waals surface area contributed by atoms with E-state index in [1.807, 2.05) is 0 Å². The Bertz CT molecular complexity index is 870. The van der Waals surface area contributed by atoms with E-state index in [0.29, 0.717) is 5.56 Å². The highest BCUT2D eigenvalue weighted by molar-refractivity contribution is 6.11. The van der Waals surface area contributed by atoms with Crippen LogP contribution in [0.15, 0.2) is 48.5 Å².